The third-order valence-corrected chi connectivity index (χ3v) is 3.79. The van der Waals surface area contributed by atoms with Crippen LogP contribution < -0.4 is 20.3 Å². The average Bonchev–Trinajstić information content (AvgIpc) is 2.64. The molecule has 1 amide bonds. The van der Waals surface area contributed by atoms with Gasteiger partial charge in [-0.25, -0.2) is 4.98 Å². The van der Waals surface area contributed by atoms with Crippen molar-refractivity contribution in [1.29, 1.82) is 0 Å². The van der Waals surface area contributed by atoms with E-state index in [0.29, 0.717) is 11.6 Å². The van der Waals surface area contributed by atoms with Gasteiger partial charge in [0.1, 0.15) is 5.75 Å². The van der Waals surface area contributed by atoms with Crippen molar-refractivity contribution in [3.05, 3.63) is 53.1 Å². The topological polar surface area (TPSA) is 85.4 Å². The van der Waals surface area contributed by atoms with Crippen molar-refractivity contribution < 1.29 is 14.3 Å². The van der Waals surface area contributed by atoms with Crippen LogP contribution in [-0.4, -0.2) is 29.6 Å². The van der Waals surface area contributed by atoms with Crippen LogP contribution >= 0.6 is 15.9 Å². The Morgan fingerprint density at radius 2 is 1.96 bits per heavy atom. The molecule has 0 bridgehead atoms. The van der Waals surface area contributed by atoms with Gasteiger partial charge in [0, 0.05) is 16.7 Å². The monoisotopic (exact) mass is 402 g/mol. The Kier molecular flexibility index (Phi) is 5.30. The van der Waals surface area contributed by atoms with Gasteiger partial charge in [0.2, 0.25) is 11.8 Å². The molecule has 25 heavy (non-hydrogen) atoms. The zero-order chi connectivity index (χ0) is 17.6. The summed E-state index contributed by atoms with van der Waals surface area (Å²) in [6.07, 6.45) is 1.52. The summed E-state index contributed by atoms with van der Waals surface area (Å²) in [5.74, 6) is 0.875. The van der Waals surface area contributed by atoms with Crippen molar-refractivity contribution in [2.24, 2.45) is 0 Å². The van der Waals surface area contributed by atoms with Gasteiger partial charge in [0.25, 0.3) is 5.91 Å². The number of rotatable bonds is 6. The standard InChI is InChI=1S/C17H15BrN4O3/c1-24-16-6-7-19-17(20-16)22-21-15(23)10-25-14-5-3-11-8-13(18)4-2-12(11)9-14/h2-9H,10H2,1H3,(H,21,23)(H,19,20,22). The molecule has 7 nitrogen and oxygen atoms in total. The highest BCUT2D eigenvalue weighted by atomic mass is 79.9. The van der Waals surface area contributed by atoms with Crippen LogP contribution in [0.25, 0.3) is 10.8 Å². The molecular formula is C17H15BrN4O3. The minimum absolute atomic E-state index is 0.140. The van der Waals surface area contributed by atoms with E-state index in [0.717, 1.165) is 15.2 Å². The minimum Gasteiger partial charge on any atom is -0.484 e. The summed E-state index contributed by atoms with van der Waals surface area (Å²) in [5, 5.41) is 2.12. The molecule has 2 N–H and O–H groups in total. The first-order valence-electron chi connectivity index (χ1n) is 7.38. The van der Waals surface area contributed by atoms with Crippen molar-refractivity contribution in [2.45, 2.75) is 0 Å². The van der Waals surface area contributed by atoms with E-state index in [1.807, 2.05) is 36.4 Å². The Bertz CT molecular complexity index is 904. The number of methoxy groups -OCH3 is 1. The van der Waals surface area contributed by atoms with Gasteiger partial charge in [-0.05, 0) is 35.0 Å². The highest BCUT2D eigenvalue weighted by molar-refractivity contribution is 9.10. The number of hydrazine groups is 1. The molecule has 0 radical (unpaired) electrons. The number of carbonyl (C=O) groups excluding carboxylic acids is 1. The largest absolute Gasteiger partial charge is 0.484 e. The Morgan fingerprint density at radius 1 is 1.16 bits per heavy atom. The number of nitrogens with zero attached hydrogens (tertiary/aromatic N) is 2. The predicted molar refractivity (Wildman–Crippen MR) is 97.5 cm³/mol. The fourth-order valence-electron chi connectivity index (χ4n) is 2.11. The van der Waals surface area contributed by atoms with E-state index in [2.05, 4.69) is 36.7 Å². The number of benzene rings is 2. The number of amides is 1. The molecular weight excluding hydrogens is 388 g/mol. The van der Waals surface area contributed by atoms with Crippen LogP contribution in [0.5, 0.6) is 11.6 Å². The Balaban J connectivity index is 1.54. The minimum atomic E-state index is -0.359. The average molecular weight is 403 g/mol. The molecule has 1 heterocycles. The number of carbonyl (C=O) groups is 1. The van der Waals surface area contributed by atoms with Crippen molar-refractivity contribution in [1.82, 2.24) is 15.4 Å². The molecule has 0 saturated carbocycles. The first-order valence-corrected chi connectivity index (χ1v) is 8.17. The summed E-state index contributed by atoms with van der Waals surface area (Å²) in [6, 6.07) is 13.2. The van der Waals surface area contributed by atoms with Gasteiger partial charge in [-0.1, -0.05) is 28.1 Å². The molecule has 8 heteroatoms. The molecule has 3 rings (SSSR count). The van der Waals surface area contributed by atoms with Crippen LogP contribution in [0.2, 0.25) is 0 Å². The van der Waals surface area contributed by atoms with E-state index in [-0.39, 0.29) is 18.5 Å². The maximum absolute atomic E-state index is 11.9. The Hall–Kier alpha value is -2.87. The van der Waals surface area contributed by atoms with Gasteiger partial charge in [-0.2, -0.15) is 4.98 Å². The van der Waals surface area contributed by atoms with Gasteiger partial charge in [-0.15, -0.1) is 0 Å². The summed E-state index contributed by atoms with van der Waals surface area (Å²) in [5.41, 5.74) is 5.07. The molecule has 0 aliphatic rings. The summed E-state index contributed by atoms with van der Waals surface area (Å²) >= 11 is 3.44. The molecule has 3 aromatic rings. The molecule has 0 spiro atoms. The lowest BCUT2D eigenvalue weighted by molar-refractivity contribution is -0.122. The normalized spacial score (nSPS) is 10.3. The number of hydrogen-bond acceptors (Lipinski definition) is 6. The SMILES string of the molecule is COc1ccnc(NNC(=O)COc2ccc3cc(Br)ccc3c2)n1. The van der Waals surface area contributed by atoms with E-state index in [4.69, 9.17) is 9.47 Å². The number of ether oxygens (including phenoxy) is 2. The number of nitrogens with one attached hydrogen (secondary N) is 2. The molecule has 1 aromatic heterocycles. The lowest BCUT2D eigenvalue weighted by Crippen LogP contribution is -2.34. The summed E-state index contributed by atoms with van der Waals surface area (Å²) in [4.78, 5) is 19.8. The second-order valence-electron chi connectivity index (χ2n) is 5.04. The van der Waals surface area contributed by atoms with Crippen LogP contribution in [-0.2, 0) is 4.79 Å². The smallest absolute Gasteiger partial charge is 0.276 e. The van der Waals surface area contributed by atoms with Gasteiger partial charge in [0.05, 0.1) is 7.11 Å². The molecule has 128 valence electrons. The van der Waals surface area contributed by atoms with Gasteiger partial charge >= 0.3 is 0 Å². The zero-order valence-corrected chi connectivity index (χ0v) is 14.9. The van der Waals surface area contributed by atoms with Crippen molar-refractivity contribution in [2.75, 3.05) is 19.1 Å². The Labute approximate surface area is 152 Å². The number of hydrogen-bond donors (Lipinski definition) is 2. The van der Waals surface area contributed by atoms with E-state index in [1.54, 1.807) is 6.07 Å². The Morgan fingerprint density at radius 3 is 2.80 bits per heavy atom. The zero-order valence-electron chi connectivity index (χ0n) is 13.3. The number of aromatic nitrogens is 2. The highest BCUT2D eigenvalue weighted by Crippen LogP contribution is 2.24. The predicted octanol–water partition coefficient (Wildman–Crippen LogP) is 2.92. The first-order chi connectivity index (χ1) is 12.1. The lowest BCUT2D eigenvalue weighted by Gasteiger charge is -2.09. The summed E-state index contributed by atoms with van der Waals surface area (Å²) in [7, 11) is 1.50. The van der Waals surface area contributed by atoms with Crippen molar-refractivity contribution >= 4 is 38.6 Å². The highest BCUT2D eigenvalue weighted by Gasteiger charge is 2.05. The van der Waals surface area contributed by atoms with Gasteiger partial charge in [-0.3, -0.25) is 15.6 Å². The first kappa shape index (κ1) is 17.0. The van der Waals surface area contributed by atoms with Gasteiger partial charge in [0.15, 0.2) is 6.61 Å². The van der Waals surface area contributed by atoms with Gasteiger partial charge < -0.3 is 9.47 Å². The second kappa shape index (κ2) is 7.80. The maximum atomic E-state index is 11.9. The summed E-state index contributed by atoms with van der Waals surface area (Å²) in [6.45, 7) is -0.140. The maximum Gasteiger partial charge on any atom is 0.276 e. The van der Waals surface area contributed by atoms with Crippen LogP contribution in [0.15, 0.2) is 53.1 Å². The fourth-order valence-corrected chi connectivity index (χ4v) is 2.49. The van der Waals surface area contributed by atoms with Crippen LogP contribution in [0.4, 0.5) is 5.95 Å². The van der Waals surface area contributed by atoms with Crippen molar-refractivity contribution in [3.63, 3.8) is 0 Å². The van der Waals surface area contributed by atoms with Crippen LogP contribution in [0, 0.1) is 0 Å². The molecule has 0 aliphatic heterocycles. The molecule has 0 fully saturated rings. The number of fused-ring (bicyclic) bond motifs is 1. The quantitative estimate of drug-likeness (QED) is 0.616. The number of anilines is 1. The van der Waals surface area contributed by atoms with E-state index >= 15 is 0 Å². The van der Waals surface area contributed by atoms with Crippen LogP contribution in [0.3, 0.4) is 0 Å². The number of halogens is 1. The fraction of sp³-hybridized carbons (Fsp3) is 0.118. The van der Waals surface area contributed by atoms with E-state index in [9.17, 15) is 4.79 Å². The molecule has 2 aromatic carbocycles. The second-order valence-corrected chi connectivity index (χ2v) is 5.95. The summed E-state index contributed by atoms with van der Waals surface area (Å²) < 4.78 is 11.5. The molecule has 0 aliphatic carbocycles. The van der Waals surface area contributed by atoms with E-state index < -0.39 is 0 Å². The van der Waals surface area contributed by atoms with E-state index in [1.165, 1.54) is 13.3 Å². The third-order valence-electron chi connectivity index (χ3n) is 3.30. The third kappa shape index (κ3) is 4.57. The lowest BCUT2D eigenvalue weighted by atomic mass is 10.1. The molecule has 0 saturated heterocycles. The van der Waals surface area contributed by atoms with Crippen molar-refractivity contribution in [3.8, 4) is 11.6 Å². The van der Waals surface area contributed by atoms with Crippen LogP contribution in [0.1, 0.15) is 0 Å². The molecule has 0 atom stereocenters. The molecule has 0 unspecified atom stereocenters.